The molecule has 10 nitrogen and oxygen atoms in total. The van der Waals surface area contributed by atoms with E-state index in [1.807, 2.05) is 6.92 Å². The van der Waals surface area contributed by atoms with Crippen molar-refractivity contribution in [1.29, 1.82) is 0 Å². The molecule has 178 valence electrons. The summed E-state index contributed by atoms with van der Waals surface area (Å²) in [6.07, 6.45) is 0.391. The highest BCUT2D eigenvalue weighted by atomic mass is 16.7. The third-order valence-corrected chi connectivity index (χ3v) is 4.10. The van der Waals surface area contributed by atoms with Gasteiger partial charge in [0, 0.05) is 19.4 Å². The molecular formula is C22H31NO9. The third-order valence-electron chi connectivity index (χ3n) is 4.10. The molecule has 0 bridgehead atoms. The van der Waals surface area contributed by atoms with E-state index < -0.39 is 30.1 Å². The van der Waals surface area contributed by atoms with Gasteiger partial charge in [-0.2, -0.15) is 0 Å². The molecule has 1 N–H and O–H groups in total. The van der Waals surface area contributed by atoms with E-state index in [4.69, 9.17) is 23.7 Å². The van der Waals surface area contributed by atoms with E-state index in [9.17, 15) is 19.2 Å². The monoisotopic (exact) mass is 453 g/mol. The third kappa shape index (κ3) is 9.78. The van der Waals surface area contributed by atoms with Crippen molar-refractivity contribution in [2.24, 2.45) is 0 Å². The molecule has 0 unspecified atom stereocenters. The summed E-state index contributed by atoms with van der Waals surface area (Å²) < 4.78 is 25.0. The van der Waals surface area contributed by atoms with E-state index in [1.165, 1.54) is 19.2 Å². The number of methoxy groups -OCH3 is 1. The summed E-state index contributed by atoms with van der Waals surface area (Å²) in [6, 6.07) is 3.93. The van der Waals surface area contributed by atoms with Gasteiger partial charge in [0.15, 0.2) is 11.5 Å². The largest absolute Gasteiger partial charge is 0.508 e. The van der Waals surface area contributed by atoms with Crippen LogP contribution in [0.1, 0.15) is 45.6 Å². The molecule has 0 radical (unpaired) electrons. The van der Waals surface area contributed by atoms with Gasteiger partial charge in [0.05, 0.1) is 13.7 Å². The second kappa shape index (κ2) is 14.8. The highest BCUT2D eigenvalue weighted by molar-refractivity contribution is 5.77. The molecule has 0 amide bonds. The van der Waals surface area contributed by atoms with Crippen LogP contribution < -0.4 is 14.8 Å². The summed E-state index contributed by atoms with van der Waals surface area (Å²) >= 11 is 0. The minimum atomic E-state index is -0.775. The molecule has 1 rings (SSSR count). The average Bonchev–Trinajstić information content (AvgIpc) is 2.80. The van der Waals surface area contributed by atoms with Crippen molar-refractivity contribution in [3.05, 3.63) is 23.8 Å². The lowest BCUT2D eigenvalue weighted by molar-refractivity contribution is -0.143. The zero-order chi connectivity index (χ0) is 23.9. The van der Waals surface area contributed by atoms with Crippen molar-refractivity contribution in [1.82, 2.24) is 5.32 Å². The smallest absolute Gasteiger partial charge is 0.468 e. The Hall–Kier alpha value is -3.14. The van der Waals surface area contributed by atoms with Crippen molar-refractivity contribution < 1.29 is 42.9 Å². The molecule has 0 fully saturated rings. The minimum Gasteiger partial charge on any atom is -0.468 e. The SMILES string of the molecule is CCCOC(=O)OCCN[C@@H](Cc1ccc(OC(=O)CC)c(OC(=O)CC)c1)C(=O)OC. The molecule has 0 aliphatic rings. The van der Waals surface area contributed by atoms with Gasteiger partial charge in [-0.25, -0.2) is 4.79 Å². The van der Waals surface area contributed by atoms with Gasteiger partial charge in [-0.15, -0.1) is 0 Å². The molecule has 1 aromatic carbocycles. The zero-order valence-corrected chi connectivity index (χ0v) is 18.9. The Kier molecular flexibility index (Phi) is 12.4. The number of hydrogen-bond acceptors (Lipinski definition) is 10. The van der Waals surface area contributed by atoms with Crippen molar-refractivity contribution in [2.75, 3.05) is 26.9 Å². The molecular weight excluding hydrogens is 422 g/mol. The molecule has 0 aliphatic carbocycles. The van der Waals surface area contributed by atoms with Crippen molar-refractivity contribution in [3.63, 3.8) is 0 Å². The zero-order valence-electron chi connectivity index (χ0n) is 18.9. The van der Waals surface area contributed by atoms with Gasteiger partial charge in [0.25, 0.3) is 0 Å². The van der Waals surface area contributed by atoms with E-state index in [-0.39, 0.29) is 50.5 Å². The van der Waals surface area contributed by atoms with Gasteiger partial charge >= 0.3 is 24.1 Å². The maximum atomic E-state index is 12.2. The lowest BCUT2D eigenvalue weighted by Gasteiger charge is -2.18. The second-order valence-corrected chi connectivity index (χ2v) is 6.62. The Morgan fingerprint density at radius 3 is 2.12 bits per heavy atom. The molecule has 0 saturated heterocycles. The van der Waals surface area contributed by atoms with Crippen LogP contribution in [0.15, 0.2) is 18.2 Å². The first kappa shape index (κ1) is 26.9. The maximum absolute atomic E-state index is 12.2. The molecule has 10 heteroatoms. The summed E-state index contributed by atoms with van der Waals surface area (Å²) in [6.45, 7) is 5.61. The van der Waals surface area contributed by atoms with Crippen LogP contribution in [0.25, 0.3) is 0 Å². The molecule has 0 saturated carbocycles. The fraction of sp³-hybridized carbons (Fsp3) is 0.545. The maximum Gasteiger partial charge on any atom is 0.508 e. The number of ether oxygens (including phenoxy) is 5. The first-order valence-corrected chi connectivity index (χ1v) is 10.5. The summed E-state index contributed by atoms with van der Waals surface area (Å²) in [5, 5.41) is 2.96. The predicted octanol–water partition coefficient (Wildman–Crippen LogP) is 2.55. The first-order valence-electron chi connectivity index (χ1n) is 10.5. The number of rotatable bonds is 13. The average molecular weight is 453 g/mol. The molecule has 0 aliphatic heterocycles. The quantitative estimate of drug-likeness (QED) is 0.270. The van der Waals surface area contributed by atoms with Gasteiger partial charge < -0.3 is 29.0 Å². The van der Waals surface area contributed by atoms with Crippen LogP contribution in [0.2, 0.25) is 0 Å². The summed E-state index contributed by atoms with van der Waals surface area (Å²) in [4.78, 5) is 47.0. The standard InChI is InChI=1S/C22H31NO9/c1-5-11-29-22(27)30-12-10-23-16(21(26)28-4)13-15-8-9-17(31-19(24)6-2)18(14-15)32-20(25)7-3/h8-9,14,16,23H,5-7,10-13H2,1-4H3/t16-/m0/s1. The fourth-order valence-electron chi connectivity index (χ4n) is 2.44. The highest BCUT2D eigenvalue weighted by Crippen LogP contribution is 2.30. The lowest BCUT2D eigenvalue weighted by atomic mass is 10.1. The van der Waals surface area contributed by atoms with Crippen LogP contribution >= 0.6 is 0 Å². The topological polar surface area (TPSA) is 126 Å². The van der Waals surface area contributed by atoms with Crippen LogP contribution in [-0.4, -0.2) is 57.0 Å². The van der Waals surface area contributed by atoms with Gasteiger partial charge in [-0.1, -0.05) is 26.8 Å². The van der Waals surface area contributed by atoms with E-state index in [2.05, 4.69) is 5.32 Å². The summed E-state index contributed by atoms with van der Waals surface area (Å²) in [7, 11) is 1.26. The molecule has 1 aromatic rings. The first-order chi connectivity index (χ1) is 15.3. The fourth-order valence-corrected chi connectivity index (χ4v) is 2.44. The Bertz CT molecular complexity index is 779. The van der Waals surface area contributed by atoms with Crippen LogP contribution in [0, 0.1) is 0 Å². The molecule has 1 atom stereocenters. The molecule has 0 heterocycles. The normalized spacial score (nSPS) is 11.2. The van der Waals surface area contributed by atoms with Crippen LogP contribution in [0.3, 0.4) is 0 Å². The van der Waals surface area contributed by atoms with Crippen LogP contribution in [0.5, 0.6) is 11.5 Å². The van der Waals surface area contributed by atoms with Gasteiger partial charge in [0.2, 0.25) is 0 Å². The number of hydrogen-bond donors (Lipinski definition) is 1. The Labute approximate surface area is 187 Å². The Morgan fingerprint density at radius 2 is 1.53 bits per heavy atom. The Balaban J connectivity index is 2.86. The lowest BCUT2D eigenvalue weighted by Crippen LogP contribution is -2.41. The minimum absolute atomic E-state index is 0.00130. The van der Waals surface area contributed by atoms with E-state index >= 15 is 0 Å². The number of carbonyl (C=O) groups is 4. The van der Waals surface area contributed by atoms with E-state index in [0.29, 0.717) is 12.0 Å². The highest BCUT2D eigenvalue weighted by Gasteiger charge is 2.21. The number of carbonyl (C=O) groups excluding carboxylic acids is 4. The molecule has 0 spiro atoms. The number of nitrogens with one attached hydrogen (secondary N) is 1. The van der Waals surface area contributed by atoms with Crippen molar-refractivity contribution in [3.8, 4) is 11.5 Å². The van der Waals surface area contributed by atoms with E-state index in [1.54, 1.807) is 19.9 Å². The second-order valence-electron chi connectivity index (χ2n) is 6.62. The molecule has 0 aromatic heterocycles. The number of esters is 3. The van der Waals surface area contributed by atoms with Gasteiger partial charge in [-0.3, -0.25) is 14.4 Å². The molecule has 32 heavy (non-hydrogen) atoms. The van der Waals surface area contributed by atoms with E-state index in [0.717, 1.165) is 0 Å². The van der Waals surface area contributed by atoms with Crippen molar-refractivity contribution >= 4 is 24.1 Å². The van der Waals surface area contributed by atoms with Crippen molar-refractivity contribution in [2.45, 2.75) is 52.5 Å². The van der Waals surface area contributed by atoms with Gasteiger partial charge in [-0.05, 0) is 30.5 Å². The Morgan fingerprint density at radius 1 is 0.906 bits per heavy atom. The summed E-state index contributed by atoms with van der Waals surface area (Å²) in [5.74, 6) is -1.29. The summed E-state index contributed by atoms with van der Waals surface area (Å²) in [5.41, 5.74) is 0.631. The van der Waals surface area contributed by atoms with Gasteiger partial charge in [0.1, 0.15) is 12.6 Å². The number of benzene rings is 1. The van der Waals surface area contributed by atoms with Crippen LogP contribution in [-0.2, 0) is 35.0 Å². The predicted molar refractivity (Wildman–Crippen MR) is 113 cm³/mol. The van der Waals surface area contributed by atoms with Crippen LogP contribution in [0.4, 0.5) is 4.79 Å².